The molecule has 1 aromatic heterocycles. The van der Waals surface area contributed by atoms with Crippen LogP contribution in [0.4, 0.5) is 10.2 Å². The molecule has 0 aliphatic carbocycles. The van der Waals surface area contributed by atoms with Gasteiger partial charge in [0.2, 0.25) is 0 Å². The third kappa shape index (κ3) is 3.09. The summed E-state index contributed by atoms with van der Waals surface area (Å²) in [5.74, 6) is 1.27. The molecule has 1 aliphatic heterocycles. The summed E-state index contributed by atoms with van der Waals surface area (Å²) in [6, 6.07) is 11.1. The second kappa shape index (κ2) is 6.15. The van der Waals surface area contributed by atoms with Crippen LogP contribution >= 0.6 is 0 Å². The Labute approximate surface area is 130 Å². The molecule has 4 heteroatoms. The van der Waals surface area contributed by atoms with Gasteiger partial charge in [0.05, 0.1) is 11.6 Å². The number of aryl methyl sites for hydroxylation is 1. The van der Waals surface area contributed by atoms with Gasteiger partial charge in [-0.05, 0) is 55.0 Å². The Balaban J connectivity index is 1.67. The Bertz CT molecular complexity index is 721. The van der Waals surface area contributed by atoms with E-state index in [1.165, 1.54) is 5.56 Å². The van der Waals surface area contributed by atoms with Crippen molar-refractivity contribution in [2.75, 3.05) is 18.0 Å². The van der Waals surface area contributed by atoms with Gasteiger partial charge >= 0.3 is 0 Å². The molecular weight excluding hydrogens is 277 g/mol. The lowest BCUT2D eigenvalue weighted by atomic mass is 9.97. The minimum absolute atomic E-state index is 0.144. The van der Waals surface area contributed by atoms with E-state index in [1.807, 2.05) is 18.2 Å². The van der Waals surface area contributed by atoms with Crippen molar-refractivity contribution in [3.05, 3.63) is 59.0 Å². The van der Waals surface area contributed by atoms with Crippen molar-refractivity contribution in [3.8, 4) is 6.07 Å². The third-order valence-corrected chi connectivity index (χ3v) is 4.23. The Morgan fingerprint density at radius 1 is 1.36 bits per heavy atom. The van der Waals surface area contributed by atoms with Gasteiger partial charge in [0.25, 0.3) is 0 Å². The first-order valence-electron chi connectivity index (χ1n) is 7.52. The summed E-state index contributed by atoms with van der Waals surface area (Å²) in [4.78, 5) is 6.59. The fourth-order valence-electron chi connectivity index (χ4n) is 3.04. The van der Waals surface area contributed by atoms with Crippen LogP contribution in [-0.2, 0) is 6.42 Å². The van der Waals surface area contributed by atoms with Crippen LogP contribution in [0.5, 0.6) is 0 Å². The number of hydrogen-bond donors (Lipinski definition) is 0. The van der Waals surface area contributed by atoms with Crippen molar-refractivity contribution in [2.45, 2.75) is 19.8 Å². The Morgan fingerprint density at radius 3 is 3.00 bits per heavy atom. The normalized spacial score (nSPS) is 17.5. The number of aromatic nitrogens is 1. The maximum atomic E-state index is 13.3. The molecule has 3 nitrogen and oxygen atoms in total. The van der Waals surface area contributed by atoms with E-state index >= 15 is 0 Å². The monoisotopic (exact) mass is 295 g/mol. The summed E-state index contributed by atoms with van der Waals surface area (Å²) in [5, 5.41) is 8.97. The highest BCUT2D eigenvalue weighted by atomic mass is 19.1. The number of hydrogen-bond acceptors (Lipinski definition) is 3. The van der Waals surface area contributed by atoms with Gasteiger partial charge in [-0.25, -0.2) is 9.37 Å². The highest BCUT2D eigenvalue weighted by Gasteiger charge is 2.24. The van der Waals surface area contributed by atoms with Gasteiger partial charge in [-0.2, -0.15) is 5.26 Å². The summed E-state index contributed by atoms with van der Waals surface area (Å²) < 4.78 is 13.3. The van der Waals surface area contributed by atoms with Crippen LogP contribution in [-0.4, -0.2) is 18.1 Å². The minimum atomic E-state index is -0.144. The molecule has 1 aliphatic rings. The van der Waals surface area contributed by atoms with Crippen molar-refractivity contribution in [2.24, 2.45) is 5.92 Å². The Hall–Kier alpha value is -2.41. The minimum Gasteiger partial charge on any atom is -0.356 e. The van der Waals surface area contributed by atoms with E-state index in [-0.39, 0.29) is 5.82 Å². The van der Waals surface area contributed by atoms with Crippen LogP contribution in [0.3, 0.4) is 0 Å². The van der Waals surface area contributed by atoms with Crippen LogP contribution in [0.15, 0.2) is 36.5 Å². The van der Waals surface area contributed by atoms with Crippen LogP contribution in [0, 0.1) is 30.0 Å². The number of rotatable bonds is 3. The van der Waals surface area contributed by atoms with Crippen molar-refractivity contribution < 1.29 is 4.39 Å². The van der Waals surface area contributed by atoms with Gasteiger partial charge in [0.15, 0.2) is 0 Å². The molecule has 1 aromatic carbocycles. The van der Waals surface area contributed by atoms with Crippen LogP contribution < -0.4 is 4.90 Å². The van der Waals surface area contributed by atoms with E-state index in [0.29, 0.717) is 17.0 Å². The predicted molar refractivity (Wildman–Crippen MR) is 84.1 cm³/mol. The maximum Gasteiger partial charge on any atom is 0.129 e. The maximum absolute atomic E-state index is 13.3. The molecule has 0 radical (unpaired) electrons. The lowest BCUT2D eigenvalue weighted by molar-refractivity contribution is 0.581. The lowest BCUT2D eigenvalue weighted by Gasteiger charge is -2.17. The second-order valence-electron chi connectivity index (χ2n) is 5.90. The summed E-state index contributed by atoms with van der Waals surface area (Å²) in [6.07, 6.45) is 3.73. The van der Waals surface area contributed by atoms with Crippen molar-refractivity contribution in [1.29, 1.82) is 5.26 Å². The fourth-order valence-corrected chi connectivity index (χ4v) is 3.04. The first-order chi connectivity index (χ1) is 10.7. The first-order valence-corrected chi connectivity index (χ1v) is 7.52. The van der Waals surface area contributed by atoms with Gasteiger partial charge in [0, 0.05) is 19.3 Å². The molecule has 1 fully saturated rings. The Kier molecular flexibility index (Phi) is 4.06. The fraction of sp³-hybridized carbons (Fsp3) is 0.333. The molecule has 1 atom stereocenters. The molecule has 22 heavy (non-hydrogen) atoms. The smallest absolute Gasteiger partial charge is 0.129 e. The van der Waals surface area contributed by atoms with E-state index < -0.39 is 0 Å². The van der Waals surface area contributed by atoms with Crippen LogP contribution in [0.2, 0.25) is 0 Å². The first kappa shape index (κ1) is 14.5. The van der Waals surface area contributed by atoms with Crippen LogP contribution in [0.25, 0.3) is 0 Å². The zero-order chi connectivity index (χ0) is 15.5. The quantitative estimate of drug-likeness (QED) is 0.870. The molecule has 2 heterocycles. The second-order valence-corrected chi connectivity index (χ2v) is 5.90. The summed E-state index contributed by atoms with van der Waals surface area (Å²) >= 11 is 0. The average molecular weight is 295 g/mol. The van der Waals surface area contributed by atoms with Crippen LogP contribution in [0.1, 0.15) is 23.1 Å². The lowest BCUT2D eigenvalue weighted by Crippen LogP contribution is -2.21. The van der Waals surface area contributed by atoms with Crippen molar-refractivity contribution in [3.63, 3.8) is 0 Å². The topological polar surface area (TPSA) is 39.9 Å². The molecule has 0 bridgehead atoms. The van der Waals surface area contributed by atoms with Gasteiger partial charge in [-0.3, -0.25) is 0 Å². The molecule has 0 spiro atoms. The molecule has 112 valence electrons. The number of nitriles is 1. The molecule has 2 aromatic rings. The van der Waals surface area contributed by atoms with Gasteiger partial charge in [0.1, 0.15) is 11.6 Å². The standard InChI is InChI=1S/C18H18FN3/c1-13-8-14(2-3-17(13)19)9-16-5-7-22(12-16)18-10-15(11-20)4-6-21-18/h2-4,6,8,10,16H,5,7,9,12H2,1H3. The number of anilines is 1. The highest BCUT2D eigenvalue weighted by Crippen LogP contribution is 2.25. The molecule has 3 rings (SSSR count). The van der Waals surface area contributed by atoms with Gasteiger partial charge in [-0.15, -0.1) is 0 Å². The predicted octanol–water partition coefficient (Wildman–Crippen LogP) is 3.47. The number of nitrogens with zero attached hydrogens (tertiary/aromatic N) is 3. The summed E-state index contributed by atoms with van der Waals surface area (Å²) in [5.41, 5.74) is 2.53. The zero-order valence-electron chi connectivity index (χ0n) is 12.6. The molecule has 0 saturated carbocycles. The molecule has 1 saturated heterocycles. The molecular formula is C18H18FN3. The highest BCUT2D eigenvalue weighted by molar-refractivity contribution is 5.45. The van der Waals surface area contributed by atoms with E-state index in [1.54, 1.807) is 25.3 Å². The Morgan fingerprint density at radius 2 is 2.23 bits per heavy atom. The summed E-state index contributed by atoms with van der Waals surface area (Å²) in [7, 11) is 0. The zero-order valence-corrected chi connectivity index (χ0v) is 12.6. The number of benzene rings is 1. The van der Waals surface area contributed by atoms with E-state index in [2.05, 4.69) is 16.0 Å². The largest absolute Gasteiger partial charge is 0.356 e. The van der Waals surface area contributed by atoms with Gasteiger partial charge < -0.3 is 4.90 Å². The summed E-state index contributed by atoms with van der Waals surface area (Å²) in [6.45, 7) is 3.68. The molecule has 1 unspecified atom stereocenters. The van der Waals surface area contributed by atoms with Gasteiger partial charge in [-0.1, -0.05) is 12.1 Å². The van der Waals surface area contributed by atoms with Crippen molar-refractivity contribution >= 4 is 5.82 Å². The number of pyridine rings is 1. The SMILES string of the molecule is Cc1cc(CC2CCN(c3cc(C#N)ccn3)C2)ccc1F. The third-order valence-electron chi connectivity index (χ3n) is 4.23. The van der Waals surface area contributed by atoms with E-state index in [0.717, 1.165) is 31.7 Å². The van der Waals surface area contributed by atoms with E-state index in [4.69, 9.17) is 5.26 Å². The average Bonchev–Trinajstić information content (AvgIpc) is 2.99. The molecule has 0 N–H and O–H groups in total. The van der Waals surface area contributed by atoms with Crippen molar-refractivity contribution in [1.82, 2.24) is 4.98 Å². The number of halogens is 1. The van der Waals surface area contributed by atoms with E-state index in [9.17, 15) is 4.39 Å². The molecule has 0 amide bonds.